The van der Waals surface area contributed by atoms with E-state index in [-0.39, 0.29) is 29.5 Å². The minimum atomic E-state index is -0.0709. The Balaban J connectivity index is 1.68. The highest BCUT2D eigenvalue weighted by Crippen LogP contribution is 2.42. The number of carbonyl (C=O) groups is 1. The molecule has 2 aromatic rings. The fourth-order valence-corrected chi connectivity index (χ4v) is 5.25. The molecule has 1 unspecified atom stereocenters. The maximum absolute atomic E-state index is 12.5. The average Bonchev–Trinajstić information content (AvgIpc) is 2.73. The Morgan fingerprint density at radius 1 is 1.11 bits per heavy atom. The predicted molar refractivity (Wildman–Crippen MR) is 120 cm³/mol. The maximum atomic E-state index is 12.5. The Bertz CT molecular complexity index is 830. The number of thiol groups is 2. The molecule has 6 heteroatoms. The first-order valence-electron chi connectivity index (χ1n) is 9.48. The molecular formula is C22H24N2OS3. The molecule has 0 bridgehead atoms. The number of nitrogens with one attached hydrogen (secondary N) is 1. The van der Waals surface area contributed by atoms with Crippen LogP contribution in [0.25, 0.3) is 0 Å². The number of nitrogens with zero attached hydrogens (tertiary/aromatic N) is 1. The molecule has 0 spiro atoms. The molecule has 3 rings (SSSR count). The van der Waals surface area contributed by atoms with Crippen LogP contribution in [0.3, 0.4) is 0 Å². The summed E-state index contributed by atoms with van der Waals surface area (Å²) in [6, 6.07) is 18.6. The molecule has 3 nitrogen and oxygen atoms in total. The summed E-state index contributed by atoms with van der Waals surface area (Å²) in [7, 11) is 0. The van der Waals surface area contributed by atoms with Crippen LogP contribution in [0.5, 0.6) is 0 Å². The maximum Gasteiger partial charge on any atom is 0.224 e. The molecule has 1 amide bonds. The van der Waals surface area contributed by atoms with Crippen molar-refractivity contribution in [2.75, 3.05) is 6.54 Å². The third-order valence-corrected chi connectivity index (χ3v) is 7.19. The highest BCUT2D eigenvalue weighted by molar-refractivity contribution is 7.99. The Morgan fingerprint density at radius 3 is 2.36 bits per heavy atom. The van der Waals surface area contributed by atoms with Crippen molar-refractivity contribution in [1.29, 1.82) is 5.26 Å². The summed E-state index contributed by atoms with van der Waals surface area (Å²) < 4.78 is 0. The standard InChI is InChI=1S/C22H24N2OS3/c23-13-14-24-22(25)20-4-2-1-3-19(20)21(27)15-5-9-17(10-6-15)28-18-11-7-16(26)8-12-18/h5-12,19-21,26-27H,1-4,14H2,(H,24,25)/t19-,20-,21?/m0/s1. The first kappa shape index (κ1) is 21.2. The van der Waals surface area contributed by atoms with Gasteiger partial charge in [-0.1, -0.05) is 36.7 Å². The van der Waals surface area contributed by atoms with E-state index in [0.29, 0.717) is 0 Å². The molecule has 0 aliphatic heterocycles. The predicted octanol–water partition coefficient (Wildman–Crippen LogP) is 5.54. The molecule has 1 N–H and O–H groups in total. The van der Waals surface area contributed by atoms with E-state index in [4.69, 9.17) is 17.9 Å². The van der Waals surface area contributed by atoms with Gasteiger partial charge in [-0.2, -0.15) is 17.9 Å². The van der Waals surface area contributed by atoms with Crippen LogP contribution >= 0.6 is 37.0 Å². The molecule has 0 saturated heterocycles. The Labute approximate surface area is 182 Å². The number of hydrogen-bond donors (Lipinski definition) is 3. The molecule has 0 aromatic heterocycles. The molecule has 1 saturated carbocycles. The third-order valence-electron chi connectivity index (χ3n) is 5.20. The average molecular weight is 429 g/mol. The van der Waals surface area contributed by atoms with Gasteiger partial charge in [-0.15, -0.1) is 12.6 Å². The van der Waals surface area contributed by atoms with Gasteiger partial charge in [0.05, 0.1) is 6.07 Å². The monoisotopic (exact) mass is 428 g/mol. The zero-order chi connectivity index (χ0) is 19.9. The first-order valence-corrected chi connectivity index (χ1v) is 11.3. The van der Waals surface area contributed by atoms with E-state index in [9.17, 15) is 4.79 Å². The molecule has 146 valence electrons. The summed E-state index contributed by atoms with van der Waals surface area (Å²) in [6.45, 7) is 0.0689. The van der Waals surface area contributed by atoms with Gasteiger partial charge in [-0.05, 0) is 60.7 Å². The Morgan fingerprint density at radius 2 is 1.71 bits per heavy atom. The van der Waals surface area contributed by atoms with Gasteiger partial charge in [0.2, 0.25) is 5.91 Å². The number of rotatable bonds is 6. The summed E-state index contributed by atoms with van der Waals surface area (Å²) in [5, 5.41) is 11.5. The van der Waals surface area contributed by atoms with Crippen LogP contribution in [0.15, 0.2) is 63.2 Å². The second-order valence-corrected chi connectivity index (χ2v) is 9.26. The van der Waals surface area contributed by atoms with E-state index in [2.05, 4.69) is 54.3 Å². The van der Waals surface area contributed by atoms with Crippen molar-refractivity contribution in [2.24, 2.45) is 11.8 Å². The molecule has 28 heavy (non-hydrogen) atoms. The van der Waals surface area contributed by atoms with Gasteiger partial charge >= 0.3 is 0 Å². The lowest BCUT2D eigenvalue weighted by Crippen LogP contribution is -2.38. The molecule has 0 heterocycles. The van der Waals surface area contributed by atoms with Crippen LogP contribution < -0.4 is 5.32 Å². The molecule has 2 aromatic carbocycles. The molecule has 0 radical (unpaired) electrons. The minimum Gasteiger partial charge on any atom is -0.343 e. The SMILES string of the molecule is N#CCNC(=O)[C@H]1CCCC[C@@H]1C(S)c1ccc(Sc2ccc(S)cc2)cc1. The highest BCUT2D eigenvalue weighted by Gasteiger charge is 2.35. The Hall–Kier alpha value is -1.55. The topological polar surface area (TPSA) is 52.9 Å². The van der Waals surface area contributed by atoms with Gasteiger partial charge in [-0.25, -0.2) is 0 Å². The van der Waals surface area contributed by atoms with E-state index >= 15 is 0 Å². The third kappa shape index (κ3) is 5.50. The van der Waals surface area contributed by atoms with Crippen molar-refractivity contribution in [2.45, 2.75) is 45.6 Å². The largest absolute Gasteiger partial charge is 0.343 e. The summed E-state index contributed by atoms with van der Waals surface area (Å²) in [5.41, 5.74) is 1.14. The fraction of sp³-hybridized carbons (Fsp3) is 0.364. The van der Waals surface area contributed by atoms with Gasteiger partial charge in [0.1, 0.15) is 6.54 Å². The lowest BCUT2D eigenvalue weighted by atomic mass is 9.75. The number of carbonyl (C=O) groups excluding carboxylic acids is 1. The van der Waals surface area contributed by atoms with Gasteiger partial charge in [0.15, 0.2) is 0 Å². The van der Waals surface area contributed by atoms with Gasteiger partial charge in [0.25, 0.3) is 0 Å². The molecule has 1 aliphatic rings. The zero-order valence-electron chi connectivity index (χ0n) is 15.5. The van der Waals surface area contributed by atoms with Crippen LogP contribution in [0.2, 0.25) is 0 Å². The van der Waals surface area contributed by atoms with Gasteiger partial charge in [-0.3, -0.25) is 4.79 Å². The summed E-state index contributed by atoms with van der Waals surface area (Å²) >= 11 is 10.9. The Kier molecular flexibility index (Phi) is 7.78. The van der Waals surface area contributed by atoms with Crippen LogP contribution in [0.1, 0.15) is 36.5 Å². The van der Waals surface area contributed by atoms with Crippen LogP contribution in [-0.2, 0) is 4.79 Å². The van der Waals surface area contributed by atoms with Crippen molar-refractivity contribution in [3.8, 4) is 6.07 Å². The van der Waals surface area contributed by atoms with E-state index < -0.39 is 0 Å². The first-order chi connectivity index (χ1) is 13.6. The van der Waals surface area contributed by atoms with Gasteiger partial charge < -0.3 is 5.32 Å². The van der Waals surface area contributed by atoms with Crippen molar-refractivity contribution < 1.29 is 4.79 Å². The van der Waals surface area contributed by atoms with Crippen molar-refractivity contribution >= 4 is 42.9 Å². The van der Waals surface area contributed by atoms with Crippen LogP contribution in [0.4, 0.5) is 0 Å². The summed E-state index contributed by atoms with van der Waals surface area (Å²) in [5.74, 6) is 0.112. The molecule has 3 atom stereocenters. The quantitative estimate of drug-likeness (QED) is 0.418. The zero-order valence-corrected chi connectivity index (χ0v) is 18.1. The van der Waals surface area contributed by atoms with E-state index in [0.717, 1.165) is 36.1 Å². The van der Waals surface area contributed by atoms with Crippen molar-refractivity contribution in [3.05, 3.63) is 54.1 Å². The van der Waals surface area contributed by atoms with Gasteiger partial charge in [0, 0.05) is 25.9 Å². The number of amides is 1. The highest BCUT2D eigenvalue weighted by atomic mass is 32.2. The number of nitriles is 1. The van der Waals surface area contributed by atoms with Crippen LogP contribution in [-0.4, -0.2) is 12.5 Å². The normalized spacial score (nSPS) is 20.2. The van der Waals surface area contributed by atoms with E-state index in [1.54, 1.807) is 11.8 Å². The van der Waals surface area contributed by atoms with Crippen LogP contribution in [0, 0.1) is 23.2 Å². The molecular weight excluding hydrogens is 404 g/mol. The summed E-state index contributed by atoms with van der Waals surface area (Å²) in [6.07, 6.45) is 4.04. The second kappa shape index (κ2) is 10.3. The second-order valence-electron chi connectivity index (χ2n) is 7.04. The summed E-state index contributed by atoms with van der Waals surface area (Å²) in [4.78, 5) is 15.8. The van der Waals surface area contributed by atoms with E-state index in [1.165, 1.54) is 9.79 Å². The number of benzene rings is 2. The smallest absolute Gasteiger partial charge is 0.224 e. The van der Waals surface area contributed by atoms with Crippen molar-refractivity contribution in [1.82, 2.24) is 5.32 Å². The minimum absolute atomic E-state index is 0.00916. The van der Waals surface area contributed by atoms with Crippen molar-refractivity contribution in [3.63, 3.8) is 0 Å². The molecule has 1 fully saturated rings. The fourth-order valence-electron chi connectivity index (χ4n) is 3.75. The van der Waals surface area contributed by atoms with E-state index in [1.807, 2.05) is 18.2 Å². The lowest BCUT2D eigenvalue weighted by Gasteiger charge is -2.34. The molecule has 1 aliphatic carbocycles. The lowest BCUT2D eigenvalue weighted by molar-refractivity contribution is -0.127. The number of hydrogen-bond acceptors (Lipinski definition) is 5.